The Morgan fingerprint density at radius 3 is 1.21 bits per heavy atom. The molecule has 0 spiro atoms. The smallest absolute Gasteiger partial charge is 0.140 e. The normalized spacial score (nSPS) is 22.1. The summed E-state index contributed by atoms with van der Waals surface area (Å²) in [5.41, 5.74) is 7.35. The maximum Gasteiger partial charge on any atom is 0.140 e. The molecular formula is C6H26As4O9. The molecule has 19 heavy (non-hydrogen) atoms. The zero-order chi connectivity index (χ0) is 13.1. The van der Waals surface area contributed by atoms with E-state index < -0.39 is 68.1 Å². The molecule has 0 aromatic heterocycles. The van der Waals surface area contributed by atoms with Gasteiger partial charge in [-0.1, -0.05) is 7.43 Å². The van der Waals surface area contributed by atoms with Crippen molar-refractivity contribution in [3.63, 3.8) is 0 Å². The topological polar surface area (TPSA) is 172 Å². The maximum atomic E-state index is 8.52. The van der Waals surface area contributed by atoms with Gasteiger partial charge in [0.15, 0.2) is 0 Å². The van der Waals surface area contributed by atoms with Crippen molar-refractivity contribution in [3.05, 3.63) is 0 Å². The molecule has 1 aliphatic heterocycles. The third kappa shape index (κ3) is 33.0. The van der Waals surface area contributed by atoms with Crippen molar-refractivity contribution in [1.82, 2.24) is 0 Å². The molecule has 124 valence electrons. The molecule has 0 amide bonds. The van der Waals surface area contributed by atoms with E-state index in [4.69, 9.17) is 23.8 Å². The van der Waals surface area contributed by atoms with E-state index in [-0.39, 0.29) is 18.4 Å². The summed E-state index contributed by atoms with van der Waals surface area (Å²) in [7, 11) is 0. The van der Waals surface area contributed by atoms with Crippen molar-refractivity contribution in [1.29, 1.82) is 0 Å². The van der Waals surface area contributed by atoms with E-state index in [1.54, 1.807) is 11.4 Å². The van der Waals surface area contributed by atoms with Crippen LogP contribution in [0.1, 0.15) is 7.43 Å². The van der Waals surface area contributed by atoms with Crippen molar-refractivity contribution in [2.24, 2.45) is 0 Å². The Hall–Kier alpha value is 1.87. The van der Waals surface area contributed by atoms with Gasteiger partial charge in [-0.15, -0.1) is 0 Å². The van der Waals surface area contributed by atoms with E-state index in [1.807, 2.05) is 0 Å². The summed E-state index contributed by atoms with van der Waals surface area (Å²) in [4.78, 5) is 0. The molecule has 2 atom stereocenters. The number of aliphatic hydroxyl groups excluding tert-OH is 1. The van der Waals surface area contributed by atoms with Crippen molar-refractivity contribution in [3.8, 4) is 0 Å². The average Bonchev–Trinajstić information content (AvgIpc) is 2.01. The van der Waals surface area contributed by atoms with E-state index in [2.05, 4.69) is 14.1 Å². The van der Waals surface area contributed by atoms with E-state index in [0.29, 0.717) is 0 Å². The molecule has 2 unspecified atom stereocenters. The van der Waals surface area contributed by atoms with Crippen molar-refractivity contribution >= 4 is 61.3 Å². The van der Waals surface area contributed by atoms with Crippen LogP contribution in [0.5, 0.6) is 0 Å². The van der Waals surface area contributed by atoms with Gasteiger partial charge in [-0.3, -0.25) is 0 Å². The first-order valence-corrected chi connectivity index (χ1v) is 17.7. The van der Waals surface area contributed by atoms with Crippen LogP contribution in [0.4, 0.5) is 0 Å². The summed E-state index contributed by atoms with van der Waals surface area (Å²) in [6, 6.07) is 0. The van der Waals surface area contributed by atoms with Crippen LogP contribution < -0.4 is 0 Å². The Labute approximate surface area is 135 Å². The zero-order valence-electron chi connectivity index (χ0n) is 10.5. The second kappa shape index (κ2) is 22.2. The summed E-state index contributed by atoms with van der Waals surface area (Å²) in [6.45, 7) is -0.750. The van der Waals surface area contributed by atoms with Gasteiger partial charge in [-0.05, 0) is 0 Å². The van der Waals surface area contributed by atoms with Crippen molar-refractivity contribution in [2.75, 3.05) is 6.79 Å². The van der Waals surface area contributed by atoms with Gasteiger partial charge >= 0.3 is 101 Å². The van der Waals surface area contributed by atoms with Gasteiger partial charge in [0, 0.05) is 0 Å². The first-order chi connectivity index (χ1) is 7.33. The quantitative estimate of drug-likeness (QED) is 0.176. The van der Waals surface area contributed by atoms with Gasteiger partial charge in [0.2, 0.25) is 0 Å². The first kappa shape index (κ1) is 32.7. The van der Waals surface area contributed by atoms with E-state index in [0.717, 1.165) is 0 Å². The van der Waals surface area contributed by atoms with Gasteiger partial charge in [-0.2, -0.15) is 0 Å². The van der Waals surface area contributed by atoms with E-state index >= 15 is 0 Å². The molecule has 1 rings (SSSR count). The Kier molecular flexibility index (Phi) is 38.2. The van der Waals surface area contributed by atoms with Gasteiger partial charge in [0.25, 0.3) is 0 Å². The van der Waals surface area contributed by atoms with Gasteiger partial charge in [0.1, 0.15) is 6.79 Å². The number of hydrogen-bond donors (Lipinski definition) is 4. The van der Waals surface area contributed by atoms with Gasteiger partial charge < -0.3 is 21.2 Å². The molecule has 0 radical (unpaired) electrons. The standard InChI is InChI=1S/C2H8As2O3.C2H6As2O2.CH4O2.CH4.2H2O/c1-3(5)7-4(2)6;1-3-5-4(2)6-3;2-1-3;;;/h5-6H,1-2H3;1-2H3;2-3H,1H2;1H4;2*1H2. The van der Waals surface area contributed by atoms with Gasteiger partial charge in [-0.25, -0.2) is 0 Å². The van der Waals surface area contributed by atoms with Crippen LogP contribution in [0.3, 0.4) is 0 Å². The Morgan fingerprint density at radius 2 is 1.21 bits per heavy atom. The van der Waals surface area contributed by atoms with Crippen LogP contribution in [-0.2, 0) is 13.6 Å². The molecule has 1 heterocycles. The van der Waals surface area contributed by atoms with Crippen molar-refractivity contribution in [2.45, 2.75) is 30.3 Å². The van der Waals surface area contributed by atoms with Crippen molar-refractivity contribution < 1.29 is 37.5 Å². The van der Waals surface area contributed by atoms with Crippen LogP contribution >= 0.6 is 0 Å². The summed E-state index contributed by atoms with van der Waals surface area (Å²) in [5, 5.41) is 14.2. The molecule has 9 nitrogen and oxygen atoms in total. The van der Waals surface area contributed by atoms with Crippen LogP contribution in [0.2, 0.25) is 22.8 Å². The van der Waals surface area contributed by atoms with Gasteiger partial charge in [0.05, 0.1) is 0 Å². The third-order valence-corrected chi connectivity index (χ3v) is 18.8. The predicted molar refractivity (Wildman–Crippen MR) is 77.0 cm³/mol. The summed E-state index contributed by atoms with van der Waals surface area (Å²) < 4.78 is 32.1. The minimum Gasteiger partial charge on any atom is -0.870 e. The summed E-state index contributed by atoms with van der Waals surface area (Å²) in [5.74, 6) is 0. The fourth-order valence-electron chi connectivity index (χ4n) is 0.501. The average molecular weight is 542 g/mol. The van der Waals surface area contributed by atoms with E-state index in [1.165, 1.54) is 0 Å². The van der Waals surface area contributed by atoms with Crippen LogP contribution in [-0.4, -0.2) is 92.0 Å². The number of aliphatic hydroxyl groups is 2. The minimum absolute atomic E-state index is 0. The second-order valence-corrected chi connectivity index (χ2v) is 16.1. The fraction of sp³-hybridized carbons (Fsp3) is 1.00. The second-order valence-electron chi connectivity index (χ2n) is 2.19. The Bertz CT molecular complexity index is 135. The molecule has 1 aliphatic rings. The van der Waals surface area contributed by atoms with Crippen LogP contribution in [0, 0.1) is 0 Å². The molecule has 13 heteroatoms. The van der Waals surface area contributed by atoms with E-state index in [9.17, 15) is 0 Å². The molecule has 0 saturated carbocycles. The number of hydrogen-bond acceptors (Lipinski definition) is 8. The minimum atomic E-state index is -1.97. The van der Waals surface area contributed by atoms with Crippen LogP contribution in [0.15, 0.2) is 0 Å². The monoisotopic (exact) mass is 542 g/mol. The summed E-state index contributed by atoms with van der Waals surface area (Å²) >= 11 is -5.97. The molecule has 1 saturated heterocycles. The zero-order valence-corrected chi connectivity index (χ0v) is 18.0. The molecule has 0 bridgehead atoms. The molecule has 8 N–H and O–H groups in total. The number of rotatable bonds is 2. The Morgan fingerprint density at radius 1 is 1.00 bits per heavy atom. The molecular weight excluding hydrogens is 516 g/mol. The first-order valence-electron chi connectivity index (χ1n) is 3.92. The Balaban J connectivity index is -0.0000000507. The summed E-state index contributed by atoms with van der Waals surface area (Å²) in [6.07, 6.45) is 0. The van der Waals surface area contributed by atoms with Crippen LogP contribution in [0.25, 0.3) is 0 Å². The predicted octanol–water partition coefficient (Wildman–Crippen LogP) is -2.04. The molecule has 1 fully saturated rings. The molecule has 0 aromatic carbocycles. The third-order valence-electron chi connectivity index (χ3n) is 0.696. The molecule has 0 aromatic rings. The molecule has 0 aliphatic carbocycles. The SMILES string of the molecule is C.C[As](O)O[As](C)O.C[As]1O[As](C)O1.OCO.[OH-].[OH3+]. The largest absolute Gasteiger partial charge is 0.870 e. The maximum absolute atomic E-state index is 8.52. The fourth-order valence-corrected chi connectivity index (χ4v) is 13.5.